The first-order chi connectivity index (χ1) is 11.6. The summed E-state index contributed by atoms with van der Waals surface area (Å²) in [6.45, 7) is 7.64. The highest BCUT2D eigenvalue weighted by atomic mass is 32.1. The number of nitrogens with zero attached hydrogens (tertiary/aromatic N) is 5. The summed E-state index contributed by atoms with van der Waals surface area (Å²) in [5.74, 6) is 1.91. The minimum atomic E-state index is 0.702. The zero-order chi connectivity index (χ0) is 16.7. The molecule has 0 saturated carbocycles. The van der Waals surface area contributed by atoms with Gasteiger partial charge in [-0.2, -0.15) is 0 Å². The molecule has 0 spiro atoms. The van der Waals surface area contributed by atoms with Crippen molar-refractivity contribution in [3.63, 3.8) is 0 Å². The van der Waals surface area contributed by atoms with Crippen LogP contribution in [0.5, 0.6) is 0 Å². The molecule has 24 heavy (non-hydrogen) atoms. The monoisotopic (exact) mass is 343 g/mol. The molecule has 0 N–H and O–H groups in total. The second-order valence-electron chi connectivity index (χ2n) is 7.04. The third kappa shape index (κ3) is 3.00. The Morgan fingerprint density at radius 2 is 2.21 bits per heavy atom. The highest BCUT2D eigenvalue weighted by Crippen LogP contribution is 2.25. The summed E-state index contributed by atoms with van der Waals surface area (Å²) >= 11 is 1.78. The molecule has 0 unspecified atom stereocenters. The van der Waals surface area contributed by atoms with Gasteiger partial charge in [0, 0.05) is 50.0 Å². The molecule has 3 aromatic heterocycles. The number of aromatic nitrogens is 4. The van der Waals surface area contributed by atoms with Crippen LogP contribution in [0.1, 0.15) is 34.9 Å². The van der Waals surface area contributed by atoms with Gasteiger partial charge in [-0.15, -0.1) is 11.3 Å². The number of aryl methyl sites for hydroxylation is 3. The van der Waals surface area contributed by atoms with E-state index < -0.39 is 0 Å². The van der Waals surface area contributed by atoms with Crippen molar-refractivity contribution in [1.29, 1.82) is 0 Å². The maximum absolute atomic E-state index is 4.73. The number of hydrogen-bond acceptors (Lipinski definition) is 4. The van der Waals surface area contributed by atoms with Crippen LogP contribution < -0.4 is 0 Å². The SMILES string of the molecule is Cc1cn2c(CN3CCC[C@@H](Cc4nccn4C)C3)c(C)nc2s1. The van der Waals surface area contributed by atoms with Gasteiger partial charge in [0.05, 0.1) is 11.4 Å². The molecule has 0 bridgehead atoms. The predicted octanol–water partition coefficient (Wildman–Crippen LogP) is 3.20. The first kappa shape index (κ1) is 15.8. The largest absolute Gasteiger partial charge is 0.338 e. The summed E-state index contributed by atoms with van der Waals surface area (Å²) < 4.78 is 4.44. The number of likely N-dealkylation sites (tertiary alicyclic amines) is 1. The lowest BCUT2D eigenvalue weighted by Gasteiger charge is -2.32. The maximum Gasteiger partial charge on any atom is 0.194 e. The van der Waals surface area contributed by atoms with Crippen molar-refractivity contribution < 1.29 is 0 Å². The van der Waals surface area contributed by atoms with E-state index in [1.165, 1.54) is 41.5 Å². The van der Waals surface area contributed by atoms with Gasteiger partial charge in [0.25, 0.3) is 0 Å². The minimum absolute atomic E-state index is 0.702. The molecule has 1 aliphatic rings. The molecular formula is C18H25N5S. The van der Waals surface area contributed by atoms with Crippen LogP contribution in [0, 0.1) is 19.8 Å². The number of rotatable bonds is 4. The quantitative estimate of drug-likeness (QED) is 0.730. The predicted molar refractivity (Wildman–Crippen MR) is 97.5 cm³/mol. The summed E-state index contributed by atoms with van der Waals surface area (Å²) in [5, 5.41) is 0. The summed E-state index contributed by atoms with van der Waals surface area (Å²) in [4.78, 5) is 14.3. The third-order valence-electron chi connectivity index (χ3n) is 5.11. The average molecular weight is 344 g/mol. The molecule has 128 valence electrons. The van der Waals surface area contributed by atoms with Crippen molar-refractivity contribution in [2.75, 3.05) is 13.1 Å². The van der Waals surface area contributed by atoms with Crippen molar-refractivity contribution in [1.82, 2.24) is 23.8 Å². The van der Waals surface area contributed by atoms with Gasteiger partial charge in [0.2, 0.25) is 0 Å². The van der Waals surface area contributed by atoms with Crippen LogP contribution in [0.4, 0.5) is 0 Å². The standard InChI is InChI=1S/C18H25N5S/c1-13-10-23-16(14(2)20-18(23)24-13)12-22-7-4-5-15(11-22)9-17-19-6-8-21(17)3/h6,8,10,15H,4-5,7,9,11-12H2,1-3H3/t15-/m0/s1. The summed E-state index contributed by atoms with van der Waals surface area (Å²) in [5.41, 5.74) is 2.53. The Balaban J connectivity index is 1.48. The molecule has 1 aliphatic heterocycles. The Labute approximate surface area is 147 Å². The van der Waals surface area contributed by atoms with Crippen molar-refractivity contribution >= 4 is 16.3 Å². The van der Waals surface area contributed by atoms with E-state index in [1.807, 2.05) is 12.4 Å². The van der Waals surface area contributed by atoms with Crippen molar-refractivity contribution in [2.24, 2.45) is 13.0 Å². The smallest absolute Gasteiger partial charge is 0.194 e. The van der Waals surface area contributed by atoms with Crippen molar-refractivity contribution in [2.45, 2.75) is 39.7 Å². The average Bonchev–Trinajstić information content (AvgIpc) is 3.18. The van der Waals surface area contributed by atoms with Gasteiger partial charge in [0.1, 0.15) is 5.82 Å². The fourth-order valence-electron chi connectivity index (χ4n) is 3.82. The molecular weight excluding hydrogens is 318 g/mol. The first-order valence-corrected chi connectivity index (χ1v) is 9.54. The van der Waals surface area contributed by atoms with E-state index in [-0.39, 0.29) is 0 Å². The molecule has 3 aromatic rings. The topological polar surface area (TPSA) is 38.4 Å². The van der Waals surface area contributed by atoms with Crippen molar-refractivity contribution in [3.8, 4) is 0 Å². The normalized spacial score (nSPS) is 19.4. The van der Waals surface area contributed by atoms with Crippen LogP contribution in [0.15, 0.2) is 18.6 Å². The zero-order valence-corrected chi connectivity index (χ0v) is 15.5. The lowest BCUT2D eigenvalue weighted by molar-refractivity contribution is 0.163. The van der Waals surface area contributed by atoms with E-state index in [1.54, 1.807) is 11.3 Å². The summed E-state index contributed by atoms with van der Waals surface area (Å²) in [6, 6.07) is 0. The van der Waals surface area contributed by atoms with Crippen LogP contribution in [-0.4, -0.2) is 36.9 Å². The molecule has 0 amide bonds. The molecule has 4 rings (SSSR count). The lowest BCUT2D eigenvalue weighted by Crippen LogP contribution is -2.36. The fourth-order valence-corrected chi connectivity index (χ4v) is 4.71. The van der Waals surface area contributed by atoms with Crippen LogP contribution in [-0.2, 0) is 20.0 Å². The second-order valence-corrected chi connectivity index (χ2v) is 8.25. The van der Waals surface area contributed by atoms with E-state index >= 15 is 0 Å². The Morgan fingerprint density at radius 1 is 1.33 bits per heavy atom. The van der Waals surface area contributed by atoms with Gasteiger partial charge in [-0.05, 0) is 39.2 Å². The lowest BCUT2D eigenvalue weighted by atomic mass is 9.94. The highest BCUT2D eigenvalue weighted by Gasteiger charge is 2.23. The van der Waals surface area contributed by atoms with Crippen LogP contribution in [0.25, 0.3) is 4.96 Å². The van der Waals surface area contributed by atoms with E-state index in [4.69, 9.17) is 4.98 Å². The van der Waals surface area contributed by atoms with Crippen LogP contribution in [0.2, 0.25) is 0 Å². The zero-order valence-electron chi connectivity index (χ0n) is 14.7. The summed E-state index contributed by atoms with van der Waals surface area (Å²) in [6.07, 6.45) is 9.84. The van der Waals surface area contributed by atoms with E-state index in [9.17, 15) is 0 Å². The number of fused-ring (bicyclic) bond motifs is 1. The Hall–Kier alpha value is -1.66. The molecule has 0 aliphatic carbocycles. The number of hydrogen-bond donors (Lipinski definition) is 0. The number of thiazole rings is 1. The first-order valence-electron chi connectivity index (χ1n) is 8.72. The molecule has 0 radical (unpaired) electrons. The van der Waals surface area contributed by atoms with Crippen LogP contribution in [0.3, 0.4) is 0 Å². The molecule has 4 heterocycles. The van der Waals surface area contributed by atoms with Gasteiger partial charge in [-0.1, -0.05) is 0 Å². The van der Waals surface area contributed by atoms with E-state index in [0.717, 1.165) is 24.5 Å². The van der Waals surface area contributed by atoms with Gasteiger partial charge < -0.3 is 4.57 Å². The summed E-state index contributed by atoms with van der Waals surface area (Å²) in [7, 11) is 2.09. The van der Waals surface area contributed by atoms with E-state index in [0.29, 0.717) is 5.92 Å². The highest BCUT2D eigenvalue weighted by molar-refractivity contribution is 7.17. The maximum atomic E-state index is 4.73. The molecule has 1 saturated heterocycles. The molecule has 0 aromatic carbocycles. The number of imidazole rings is 2. The molecule has 1 fully saturated rings. The van der Waals surface area contributed by atoms with Gasteiger partial charge in [-0.25, -0.2) is 9.97 Å². The Bertz CT molecular complexity index is 843. The van der Waals surface area contributed by atoms with Gasteiger partial charge in [0.15, 0.2) is 4.96 Å². The van der Waals surface area contributed by atoms with Gasteiger partial charge >= 0.3 is 0 Å². The fraction of sp³-hybridized carbons (Fsp3) is 0.556. The molecule has 5 nitrogen and oxygen atoms in total. The van der Waals surface area contributed by atoms with Crippen LogP contribution >= 0.6 is 11.3 Å². The minimum Gasteiger partial charge on any atom is -0.338 e. The van der Waals surface area contributed by atoms with Crippen molar-refractivity contribution in [3.05, 3.63) is 40.7 Å². The Kier molecular flexibility index (Phi) is 4.18. The van der Waals surface area contributed by atoms with Gasteiger partial charge in [-0.3, -0.25) is 9.30 Å². The second kappa shape index (κ2) is 6.33. The molecule has 6 heteroatoms. The third-order valence-corrected chi connectivity index (χ3v) is 6.01. The number of piperidine rings is 1. The molecule has 1 atom stereocenters. The van der Waals surface area contributed by atoms with E-state index in [2.05, 4.69) is 45.9 Å². The Morgan fingerprint density at radius 3 is 3.00 bits per heavy atom.